The third-order valence-electron chi connectivity index (χ3n) is 4.41. The molecule has 0 amide bonds. The van der Waals surface area contributed by atoms with E-state index in [1.807, 2.05) is 41.9 Å². The molecule has 1 saturated carbocycles. The van der Waals surface area contributed by atoms with Crippen molar-refractivity contribution in [2.75, 3.05) is 0 Å². The number of para-hydroxylation sites is 1. The Hall–Kier alpha value is -2.10. The Bertz CT molecular complexity index is 692. The van der Waals surface area contributed by atoms with Crippen LogP contribution < -0.4 is 5.56 Å². The molecule has 0 atom stereocenters. The van der Waals surface area contributed by atoms with Crippen molar-refractivity contribution in [3.05, 3.63) is 51.9 Å². The Morgan fingerprint density at radius 1 is 1.10 bits per heavy atom. The molecule has 4 nitrogen and oxygen atoms in total. The molecule has 4 heteroatoms. The van der Waals surface area contributed by atoms with Crippen LogP contribution in [0.4, 0.5) is 0 Å². The van der Waals surface area contributed by atoms with E-state index in [0.717, 1.165) is 24.2 Å². The van der Waals surface area contributed by atoms with Gasteiger partial charge in [0.15, 0.2) is 6.29 Å². The SMILES string of the molecule is Cc1c(C=O)c(=O)n(-c2ccccc2)n1C1CCCCC1. The fourth-order valence-electron chi connectivity index (χ4n) is 3.35. The van der Waals surface area contributed by atoms with Gasteiger partial charge >= 0.3 is 0 Å². The smallest absolute Gasteiger partial charge is 0.282 e. The van der Waals surface area contributed by atoms with Crippen molar-refractivity contribution in [3.8, 4) is 5.69 Å². The summed E-state index contributed by atoms with van der Waals surface area (Å²) in [7, 11) is 0. The number of hydrogen-bond acceptors (Lipinski definition) is 2. The van der Waals surface area contributed by atoms with E-state index < -0.39 is 0 Å². The van der Waals surface area contributed by atoms with Crippen LogP contribution in [-0.4, -0.2) is 15.6 Å². The molecule has 0 saturated heterocycles. The lowest BCUT2D eigenvalue weighted by atomic mass is 9.95. The molecule has 0 radical (unpaired) electrons. The van der Waals surface area contributed by atoms with Gasteiger partial charge in [0.05, 0.1) is 11.7 Å². The topological polar surface area (TPSA) is 44.0 Å². The van der Waals surface area contributed by atoms with Crippen LogP contribution in [0, 0.1) is 6.92 Å². The largest absolute Gasteiger partial charge is 0.298 e. The van der Waals surface area contributed by atoms with Crippen LogP contribution in [0.3, 0.4) is 0 Å². The molecule has 1 aromatic carbocycles. The highest BCUT2D eigenvalue weighted by molar-refractivity contribution is 5.76. The second-order valence-electron chi connectivity index (χ2n) is 5.71. The van der Waals surface area contributed by atoms with Crippen LogP contribution in [0.1, 0.15) is 54.2 Å². The van der Waals surface area contributed by atoms with E-state index in [1.165, 1.54) is 19.3 Å². The summed E-state index contributed by atoms with van der Waals surface area (Å²) < 4.78 is 3.72. The molecule has 0 bridgehead atoms. The first-order chi connectivity index (χ1) is 10.2. The van der Waals surface area contributed by atoms with Crippen molar-refractivity contribution in [3.63, 3.8) is 0 Å². The lowest BCUT2D eigenvalue weighted by molar-refractivity contribution is 0.112. The number of aromatic nitrogens is 2. The highest BCUT2D eigenvalue weighted by Gasteiger charge is 2.24. The molecule has 1 heterocycles. The Kier molecular flexibility index (Phi) is 3.78. The van der Waals surface area contributed by atoms with E-state index in [1.54, 1.807) is 4.68 Å². The van der Waals surface area contributed by atoms with Crippen LogP contribution in [0.25, 0.3) is 5.69 Å². The maximum Gasteiger partial charge on any atom is 0.282 e. The van der Waals surface area contributed by atoms with Crippen LogP contribution in [0.15, 0.2) is 35.1 Å². The molecule has 110 valence electrons. The number of benzene rings is 1. The Morgan fingerprint density at radius 3 is 2.38 bits per heavy atom. The van der Waals surface area contributed by atoms with Gasteiger partial charge in [0.25, 0.3) is 5.56 Å². The van der Waals surface area contributed by atoms with Gasteiger partial charge in [0.1, 0.15) is 5.56 Å². The highest BCUT2D eigenvalue weighted by Crippen LogP contribution is 2.30. The molecule has 1 aromatic heterocycles. The minimum Gasteiger partial charge on any atom is -0.298 e. The van der Waals surface area contributed by atoms with Gasteiger partial charge < -0.3 is 0 Å². The standard InChI is InChI=1S/C17H20N2O2/c1-13-16(12-20)17(21)19(15-10-6-3-7-11-15)18(13)14-8-4-2-5-9-14/h3,6-7,10-12,14H,2,4-5,8-9H2,1H3. The lowest BCUT2D eigenvalue weighted by Crippen LogP contribution is -2.26. The summed E-state index contributed by atoms with van der Waals surface area (Å²) in [5.74, 6) is 0. The molecule has 0 N–H and O–H groups in total. The zero-order valence-electron chi connectivity index (χ0n) is 12.3. The van der Waals surface area contributed by atoms with E-state index >= 15 is 0 Å². The summed E-state index contributed by atoms with van der Waals surface area (Å²) in [6.07, 6.45) is 6.45. The van der Waals surface area contributed by atoms with Gasteiger partial charge in [-0.05, 0) is 31.9 Å². The number of carbonyl (C=O) groups is 1. The third-order valence-corrected chi connectivity index (χ3v) is 4.41. The van der Waals surface area contributed by atoms with Gasteiger partial charge in [-0.1, -0.05) is 37.5 Å². The van der Waals surface area contributed by atoms with Gasteiger partial charge in [0, 0.05) is 5.69 Å². The summed E-state index contributed by atoms with van der Waals surface area (Å²) in [5, 5.41) is 0. The average molecular weight is 284 g/mol. The minimum atomic E-state index is -0.209. The molecule has 21 heavy (non-hydrogen) atoms. The van der Waals surface area contributed by atoms with Crippen molar-refractivity contribution in [2.45, 2.75) is 45.1 Å². The zero-order chi connectivity index (χ0) is 14.8. The van der Waals surface area contributed by atoms with Crippen molar-refractivity contribution in [1.29, 1.82) is 0 Å². The molecule has 1 fully saturated rings. The first-order valence-corrected chi connectivity index (χ1v) is 7.58. The quantitative estimate of drug-likeness (QED) is 0.812. The highest BCUT2D eigenvalue weighted by atomic mass is 16.1. The molecule has 0 unspecified atom stereocenters. The maximum absolute atomic E-state index is 12.6. The normalized spacial score (nSPS) is 16.0. The third kappa shape index (κ3) is 2.35. The molecule has 0 spiro atoms. The molecular formula is C17H20N2O2. The van der Waals surface area contributed by atoms with E-state index in [9.17, 15) is 9.59 Å². The van der Waals surface area contributed by atoms with Gasteiger partial charge in [-0.25, -0.2) is 4.68 Å². The molecular weight excluding hydrogens is 264 g/mol. The number of carbonyl (C=O) groups excluding carboxylic acids is 1. The molecule has 0 aliphatic heterocycles. The second kappa shape index (κ2) is 5.72. The van der Waals surface area contributed by atoms with Crippen molar-refractivity contribution >= 4 is 6.29 Å². The van der Waals surface area contributed by atoms with E-state index in [-0.39, 0.29) is 11.1 Å². The zero-order valence-corrected chi connectivity index (χ0v) is 12.3. The van der Waals surface area contributed by atoms with Gasteiger partial charge in [-0.2, -0.15) is 0 Å². The summed E-state index contributed by atoms with van der Waals surface area (Å²) in [6.45, 7) is 1.87. The fraction of sp³-hybridized carbons (Fsp3) is 0.412. The van der Waals surface area contributed by atoms with Crippen molar-refractivity contribution < 1.29 is 4.79 Å². The fourth-order valence-corrected chi connectivity index (χ4v) is 3.35. The summed E-state index contributed by atoms with van der Waals surface area (Å²) in [6, 6.07) is 9.88. The average Bonchev–Trinajstić information content (AvgIpc) is 2.79. The summed E-state index contributed by atoms with van der Waals surface area (Å²) in [5.41, 5.74) is 1.68. The summed E-state index contributed by atoms with van der Waals surface area (Å²) >= 11 is 0. The molecule has 1 aliphatic rings. The second-order valence-corrected chi connectivity index (χ2v) is 5.71. The van der Waals surface area contributed by atoms with E-state index in [4.69, 9.17) is 0 Å². The monoisotopic (exact) mass is 284 g/mol. The number of hydrogen-bond donors (Lipinski definition) is 0. The van der Waals surface area contributed by atoms with E-state index in [0.29, 0.717) is 12.3 Å². The minimum absolute atomic E-state index is 0.209. The molecule has 3 rings (SSSR count). The van der Waals surface area contributed by atoms with Crippen LogP contribution in [0.2, 0.25) is 0 Å². The van der Waals surface area contributed by atoms with Crippen molar-refractivity contribution in [2.24, 2.45) is 0 Å². The van der Waals surface area contributed by atoms with Crippen molar-refractivity contribution in [1.82, 2.24) is 9.36 Å². The van der Waals surface area contributed by atoms with Crippen LogP contribution in [0.5, 0.6) is 0 Å². The van der Waals surface area contributed by atoms with Gasteiger partial charge in [-0.3, -0.25) is 14.3 Å². The predicted octanol–water partition coefficient (Wildman–Crippen LogP) is 3.27. The Labute approximate surface area is 124 Å². The Balaban J connectivity index is 2.22. The molecule has 2 aromatic rings. The predicted molar refractivity (Wildman–Crippen MR) is 82.3 cm³/mol. The maximum atomic E-state index is 12.6. The van der Waals surface area contributed by atoms with Crippen LogP contribution in [-0.2, 0) is 0 Å². The molecule has 1 aliphatic carbocycles. The van der Waals surface area contributed by atoms with E-state index in [2.05, 4.69) is 0 Å². The lowest BCUT2D eigenvalue weighted by Gasteiger charge is -2.27. The first-order valence-electron chi connectivity index (χ1n) is 7.58. The number of aldehydes is 1. The van der Waals surface area contributed by atoms with Gasteiger partial charge in [0.2, 0.25) is 0 Å². The summed E-state index contributed by atoms with van der Waals surface area (Å²) in [4.78, 5) is 23.9. The Morgan fingerprint density at radius 2 is 1.76 bits per heavy atom. The van der Waals surface area contributed by atoms with Gasteiger partial charge in [-0.15, -0.1) is 0 Å². The first kappa shape index (κ1) is 13.9. The number of nitrogens with zero attached hydrogens (tertiary/aromatic N) is 2. The number of rotatable bonds is 3. The van der Waals surface area contributed by atoms with Crippen LogP contribution >= 0.6 is 0 Å².